The molecule has 0 bridgehead atoms. The molecule has 1 saturated heterocycles. The number of nitrogens with zero attached hydrogens (tertiary/aromatic N) is 3. The number of carbonyl (C=O) groups excluding carboxylic acids is 4. The Labute approximate surface area is 154 Å². The van der Waals surface area contributed by atoms with E-state index < -0.39 is 29.7 Å². The van der Waals surface area contributed by atoms with E-state index in [0.29, 0.717) is 10.7 Å². The number of rotatable bonds is 5. The molecule has 2 heterocycles. The minimum absolute atomic E-state index is 0.0910. The number of methoxy groups -OCH3 is 1. The lowest BCUT2D eigenvalue weighted by Gasteiger charge is -2.21. The molecule has 2 aliphatic rings. The number of carbonyl (C=O) groups is 4. The van der Waals surface area contributed by atoms with Crippen molar-refractivity contribution in [2.24, 2.45) is 11.0 Å². The number of benzene rings is 1. The molecule has 136 valence electrons. The highest BCUT2D eigenvalue weighted by Crippen LogP contribution is 2.36. The van der Waals surface area contributed by atoms with Gasteiger partial charge in [-0.25, -0.2) is 9.69 Å². The first-order valence-electron chi connectivity index (χ1n) is 7.91. The number of hydrogen-bond acceptors (Lipinski definition) is 7. The van der Waals surface area contributed by atoms with E-state index in [2.05, 4.69) is 5.10 Å². The summed E-state index contributed by atoms with van der Waals surface area (Å²) in [5, 5.41) is 5.78. The Morgan fingerprint density at radius 1 is 1.27 bits per heavy atom. The molecule has 9 heteroatoms. The van der Waals surface area contributed by atoms with Crippen LogP contribution in [0.15, 0.2) is 29.4 Å². The van der Waals surface area contributed by atoms with Crippen LogP contribution in [0.25, 0.3) is 0 Å². The summed E-state index contributed by atoms with van der Waals surface area (Å²) in [5.41, 5.74) is 0.182. The minimum Gasteiger partial charge on any atom is -0.464 e. The highest BCUT2D eigenvalue weighted by molar-refractivity contribution is 6.46. The largest absolute Gasteiger partial charge is 0.464 e. The SMILES string of the molecule is COC(=O)C1=NN(CCC(C)=O)[C@@H]2C(=O)N(c3cccc(Cl)c3)C(=O)[C@H]12. The monoisotopic (exact) mass is 377 g/mol. The molecular formula is C17H16ClN3O5. The number of anilines is 1. The molecule has 0 aliphatic carbocycles. The van der Waals surface area contributed by atoms with Gasteiger partial charge in [-0.3, -0.25) is 19.4 Å². The van der Waals surface area contributed by atoms with E-state index in [1.807, 2.05) is 0 Å². The highest BCUT2D eigenvalue weighted by atomic mass is 35.5. The third-order valence-electron chi connectivity index (χ3n) is 4.28. The number of hydrazone groups is 1. The van der Waals surface area contributed by atoms with Gasteiger partial charge in [0.05, 0.1) is 12.8 Å². The Hall–Kier alpha value is -2.74. The van der Waals surface area contributed by atoms with Gasteiger partial charge in [0.25, 0.3) is 5.91 Å². The summed E-state index contributed by atoms with van der Waals surface area (Å²) >= 11 is 5.96. The second kappa shape index (κ2) is 6.87. The summed E-state index contributed by atoms with van der Waals surface area (Å²) in [7, 11) is 1.17. The van der Waals surface area contributed by atoms with Gasteiger partial charge in [0.1, 0.15) is 17.7 Å². The summed E-state index contributed by atoms with van der Waals surface area (Å²) in [6.07, 6.45) is 0.139. The zero-order chi connectivity index (χ0) is 19.0. The molecule has 0 N–H and O–H groups in total. The van der Waals surface area contributed by atoms with Crippen LogP contribution >= 0.6 is 11.6 Å². The molecule has 0 saturated carbocycles. The number of ketones is 1. The molecule has 3 rings (SSSR count). The van der Waals surface area contributed by atoms with Crippen molar-refractivity contribution in [2.45, 2.75) is 19.4 Å². The highest BCUT2D eigenvalue weighted by Gasteiger charge is 2.58. The van der Waals surface area contributed by atoms with Crippen molar-refractivity contribution in [2.75, 3.05) is 18.6 Å². The van der Waals surface area contributed by atoms with Crippen LogP contribution in [0, 0.1) is 5.92 Å². The van der Waals surface area contributed by atoms with Gasteiger partial charge in [-0.2, -0.15) is 5.10 Å². The Bertz CT molecular complexity index is 837. The van der Waals surface area contributed by atoms with E-state index in [0.717, 1.165) is 4.90 Å². The molecule has 26 heavy (non-hydrogen) atoms. The van der Waals surface area contributed by atoms with Crippen molar-refractivity contribution in [3.63, 3.8) is 0 Å². The normalized spacial score (nSPS) is 21.7. The number of halogens is 1. The maximum atomic E-state index is 12.9. The molecule has 8 nitrogen and oxygen atoms in total. The summed E-state index contributed by atoms with van der Waals surface area (Å²) in [4.78, 5) is 50.2. The van der Waals surface area contributed by atoms with Gasteiger partial charge < -0.3 is 4.74 Å². The Balaban J connectivity index is 1.99. The van der Waals surface area contributed by atoms with E-state index in [4.69, 9.17) is 16.3 Å². The number of esters is 1. The second-order valence-electron chi connectivity index (χ2n) is 6.01. The van der Waals surface area contributed by atoms with Crippen LogP contribution in [-0.2, 0) is 23.9 Å². The Morgan fingerprint density at radius 2 is 2.00 bits per heavy atom. The molecule has 0 aromatic heterocycles. The van der Waals surface area contributed by atoms with E-state index in [1.54, 1.807) is 18.2 Å². The summed E-state index contributed by atoms with van der Waals surface area (Å²) in [5.74, 6) is -3.03. The van der Waals surface area contributed by atoms with Crippen molar-refractivity contribution in [3.8, 4) is 0 Å². The fourth-order valence-corrected chi connectivity index (χ4v) is 3.27. The van der Waals surface area contributed by atoms with Crippen molar-refractivity contribution >= 4 is 46.6 Å². The van der Waals surface area contributed by atoms with Crippen molar-refractivity contribution in [3.05, 3.63) is 29.3 Å². The van der Waals surface area contributed by atoms with E-state index in [1.165, 1.54) is 25.1 Å². The number of fused-ring (bicyclic) bond motifs is 1. The minimum atomic E-state index is -1.07. The van der Waals surface area contributed by atoms with Crippen molar-refractivity contribution in [1.82, 2.24) is 5.01 Å². The van der Waals surface area contributed by atoms with E-state index in [-0.39, 0.29) is 24.5 Å². The summed E-state index contributed by atoms with van der Waals surface area (Å²) < 4.78 is 4.69. The number of imide groups is 1. The van der Waals surface area contributed by atoms with Crippen molar-refractivity contribution in [1.29, 1.82) is 0 Å². The molecule has 2 atom stereocenters. The van der Waals surface area contributed by atoms with Gasteiger partial charge in [0.15, 0.2) is 5.71 Å². The van der Waals surface area contributed by atoms with Gasteiger partial charge in [-0.1, -0.05) is 17.7 Å². The topological polar surface area (TPSA) is 96.3 Å². The molecular weight excluding hydrogens is 362 g/mol. The zero-order valence-corrected chi connectivity index (χ0v) is 14.9. The average Bonchev–Trinajstić information content (AvgIpc) is 3.09. The maximum absolute atomic E-state index is 12.9. The maximum Gasteiger partial charge on any atom is 0.355 e. The third kappa shape index (κ3) is 2.96. The average molecular weight is 378 g/mol. The molecule has 1 aromatic rings. The first kappa shape index (κ1) is 18.1. The molecule has 0 unspecified atom stereocenters. The van der Waals surface area contributed by atoms with Crippen LogP contribution in [0.2, 0.25) is 5.02 Å². The standard InChI is InChI=1S/C17H16ClN3O5/c1-9(22)6-7-20-14-12(13(19-20)17(25)26-2)15(23)21(16(14)24)11-5-3-4-10(18)8-11/h3-5,8,12,14H,6-7H2,1-2H3/t12-,14+/m1/s1. The van der Waals surface area contributed by atoms with Crippen LogP contribution in [0.1, 0.15) is 13.3 Å². The fourth-order valence-electron chi connectivity index (χ4n) is 3.09. The van der Waals surface area contributed by atoms with E-state index in [9.17, 15) is 19.2 Å². The van der Waals surface area contributed by atoms with Gasteiger partial charge in [-0.15, -0.1) is 0 Å². The van der Waals surface area contributed by atoms with Crippen molar-refractivity contribution < 1.29 is 23.9 Å². The second-order valence-corrected chi connectivity index (χ2v) is 6.44. The lowest BCUT2D eigenvalue weighted by molar-refractivity contribution is -0.133. The lowest BCUT2D eigenvalue weighted by Crippen LogP contribution is -2.39. The van der Waals surface area contributed by atoms with Gasteiger partial charge in [0, 0.05) is 18.0 Å². The predicted octanol–water partition coefficient (Wildman–Crippen LogP) is 1.02. The smallest absolute Gasteiger partial charge is 0.355 e. The fraction of sp³-hybridized carbons (Fsp3) is 0.353. The first-order valence-corrected chi connectivity index (χ1v) is 8.29. The van der Waals surface area contributed by atoms with Gasteiger partial charge in [0.2, 0.25) is 5.91 Å². The molecule has 2 amide bonds. The van der Waals surface area contributed by atoms with Crippen LogP contribution in [-0.4, -0.2) is 54.0 Å². The molecule has 2 aliphatic heterocycles. The third-order valence-corrected chi connectivity index (χ3v) is 4.52. The van der Waals surface area contributed by atoms with Gasteiger partial charge in [-0.05, 0) is 25.1 Å². The molecule has 1 fully saturated rings. The molecule has 0 radical (unpaired) electrons. The number of Topliss-reactive ketones (excluding diaryl/α,β-unsaturated/α-hetero) is 1. The summed E-state index contributed by atoms with van der Waals surface area (Å²) in [6.45, 7) is 1.54. The molecule has 0 spiro atoms. The number of hydrogen-bond donors (Lipinski definition) is 0. The quantitative estimate of drug-likeness (QED) is 0.561. The number of ether oxygens (including phenoxy) is 1. The Morgan fingerprint density at radius 3 is 2.62 bits per heavy atom. The predicted molar refractivity (Wildman–Crippen MR) is 92.7 cm³/mol. The summed E-state index contributed by atoms with van der Waals surface area (Å²) in [6, 6.07) is 5.34. The first-order chi connectivity index (χ1) is 12.3. The van der Waals surface area contributed by atoms with E-state index >= 15 is 0 Å². The Kier molecular flexibility index (Phi) is 4.78. The molecule has 1 aromatic carbocycles. The van der Waals surface area contributed by atoms with Crippen LogP contribution in [0.4, 0.5) is 5.69 Å². The zero-order valence-electron chi connectivity index (χ0n) is 14.1. The lowest BCUT2D eigenvalue weighted by atomic mass is 9.98. The van der Waals surface area contributed by atoms with Crippen LogP contribution in [0.5, 0.6) is 0 Å². The van der Waals surface area contributed by atoms with Crippen LogP contribution in [0.3, 0.4) is 0 Å². The van der Waals surface area contributed by atoms with Gasteiger partial charge >= 0.3 is 5.97 Å². The number of amides is 2. The van der Waals surface area contributed by atoms with Crippen LogP contribution < -0.4 is 4.90 Å².